The van der Waals surface area contributed by atoms with E-state index >= 15 is 0 Å². The monoisotopic (exact) mass is 264 g/mol. The molecule has 0 aliphatic heterocycles. The van der Waals surface area contributed by atoms with Gasteiger partial charge >= 0.3 is 0 Å². The van der Waals surface area contributed by atoms with Gasteiger partial charge in [0.1, 0.15) is 12.4 Å². The maximum Gasteiger partial charge on any atom is 0.188 e. The molecule has 1 aromatic rings. The lowest BCUT2D eigenvalue weighted by molar-refractivity contribution is 0.00561. The standard InChI is InChI=1S/C16H21FO2/c1-11-6-12(2)8-15(7-11)19-10-16(18)13-4-3-5-14(17)9-13/h3-5,9,11-12,15H,6-8,10H2,1-2H3. The van der Waals surface area contributed by atoms with E-state index in [4.69, 9.17) is 4.74 Å². The Balaban J connectivity index is 1.86. The number of rotatable bonds is 4. The highest BCUT2D eigenvalue weighted by Gasteiger charge is 2.25. The lowest BCUT2D eigenvalue weighted by atomic mass is 9.82. The molecule has 1 aromatic carbocycles. The number of Topliss-reactive ketones (excluding diaryl/α,β-unsaturated/α-hetero) is 1. The topological polar surface area (TPSA) is 26.3 Å². The fraction of sp³-hybridized carbons (Fsp3) is 0.562. The molecule has 2 unspecified atom stereocenters. The van der Waals surface area contributed by atoms with Gasteiger partial charge < -0.3 is 4.74 Å². The Labute approximate surface area is 114 Å². The summed E-state index contributed by atoms with van der Waals surface area (Å²) in [6.07, 6.45) is 3.43. The van der Waals surface area contributed by atoms with Crippen molar-refractivity contribution in [2.45, 2.75) is 39.2 Å². The molecule has 0 aromatic heterocycles. The van der Waals surface area contributed by atoms with Crippen molar-refractivity contribution in [3.05, 3.63) is 35.6 Å². The van der Waals surface area contributed by atoms with Crippen LogP contribution in [0.2, 0.25) is 0 Å². The highest BCUT2D eigenvalue weighted by molar-refractivity contribution is 5.97. The van der Waals surface area contributed by atoms with E-state index in [1.165, 1.54) is 18.6 Å². The van der Waals surface area contributed by atoms with Crippen LogP contribution in [-0.4, -0.2) is 18.5 Å². The van der Waals surface area contributed by atoms with E-state index in [1.807, 2.05) is 0 Å². The minimum Gasteiger partial charge on any atom is -0.370 e. The first-order valence-corrected chi connectivity index (χ1v) is 6.95. The van der Waals surface area contributed by atoms with Gasteiger partial charge in [-0.25, -0.2) is 4.39 Å². The number of ketones is 1. The van der Waals surface area contributed by atoms with Gasteiger partial charge in [-0.2, -0.15) is 0 Å². The predicted molar refractivity (Wildman–Crippen MR) is 72.6 cm³/mol. The van der Waals surface area contributed by atoms with Crippen molar-refractivity contribution in [2.24, 2.45) is 11.8 Å². The molecule has 0 N–H and O–H groups in total. The smallest absolute Gasteiger partial charge is 0.188 e. The third-order valence-corrected chi connectivity index (χ3v) is 3.73. The summed E-state index contributed by atoms with van der Waals surface area (Å²) in [5.41, 5.74) is 0.386. The van der Waals surface area contributed by atoms with Gasteiger partial charge in [-0.05, 0) is 43.2 Å². The SMILES string of the molecule is CC1CC(C)CC(OCC(=O)c2cccc(F)c2)C1. The van der Waals surface area contributed by atoms with E-state index in [9.17, 15) is 9.18 Å². The van der Waals surface area contributed by atoms with Gasteiger partial charge in [0, 0.05) is 5.56 Å². The number of benzene rings is 1. The molecule has 3 heteroatoms. The van der Waals surface area contributed by atoms with Crippen LogP contribution >= 0.6 is 0 Å². The minimum atomic E-state index is -0.384. The van der Waals surface area contributed by atoms with E-state index in [2.05, 4.69) is 13.8 Å². The Morgan fingerprint density at radius 1 is 1.26 bits per heavy atom. The molecule has 0 radical (unpaired) electrons. The fourth-order valence-corrected chi connectivity index (χ4v) is 2.95. The number of carbonyl (C=O) groups excluding carboxylic acids is 1. The summed E-state index contributed by atoms with van der Waals surface area (Å²) in [6, 6.07) is 5.77. The molecule has 19 heavy (non-hydrogen) atoms. The summed E-state index contributed by atoms with van der Waals surface area (Å²) in [5.74, 6) is 0.771. The number of carbonyl (C=O) groups is 1. The van der Waals surface area contributed by atoms with E-state index in [0.717, 1.165) is 12.8 Å². The molecule has 1 fully saturated rings. The Hall–Kier alpha value is -1.22. The summed E-state index contributed by atoms with van der Waals surface area (Å²) in [6.45, 7) is 4.49. The van der Waals surface area contributed by atoms with Gasteiger partial charge in [0.15, 0.2) is 5.78 Å². The van der Waals surface area contributed by atoms with Gasteiger partial charge in [0.05, 0.1) is 6.10 Å². The third-order valence-electron chi connectivity index (χ3n) is 3.73. The predicted octanol–water partition coefficient (Wildman–Crippen LogP) is 3.85. The fourth-order valence-electron chi connectivity index (χ4n) is 2.95. The number of hydrogen-bond acceptors (Lipinski definition) is 2. The average Bonchev–Trinajstić information content (AvgIpc) is 2.35. The summed E-state index contributed by atoms with van der Waals surface area (Å²) in [5, 5.41) is 0. The van der Waals surface area contributed by atoms with E-state index in [1.54, 1.807) is 12.1 Å². The Morgan fingerprint density at radius 2 is 1.95 bits per heavy atom. The molecule has 2 nitrogen and oxygen atoms in total. The van der Waals surface area contributed by atoms with Crippen LogP contribution in [0, 0.1) is 17.7 Å². The highest BCUT2D eigenvalue weighted by Crippen LogP contribution is 2.30. The van der Waals surface area contributed by atoms with Crippen molar-refractivity contribution in [3.8, 4) is 0 Å². The number of ether oxygens (including phenoxy) is 1. The second kappa shape index (κ2) is 6.29. The van der Waals surface area contributed by atoms with Gasteiger partial charge in [0.2, 0.25) is 0 Å². The zero-order chi connectivity index (χ0) is 13.8. The molecule has 0 spiro atoms. The summed E-state index contributed by atoms with van der Waals surface area (Å²) < 4.78 is 18.7. The first-order chi connectivity index (χ1) is 9.04. The van der Waals surface area contributed by atoms with Gasteiger partial charge in [-0.15, -0.1) is 0 Å². The first kappa shape index (κ1) is 14.2. The normalized spacial score (nSPS) is 27.2. The van der Waals surface area contributed by atoms with Gasteiger partial charge in [0.25, 0.3) is 0 Å². The molecule has 2 atom stereocenters. The van der Waals surface area contributed by atoms with Gasteiger partial charge in [-0.1, -0.05) is 26.0 Å². The summed E-state index contributed by atoms with van der Waals surface area (Å²) in [4.78, 5) is 11.9. The van der Waals surface area contributed by atoms with Crippen molar-refractivity contribution in [2.75, 3.05) is 6.61 Å². The zero-order valence-corrected chi connectivity index (χ0v) is 11.6. The summed E-state index contributed by atoms with van der Waals surface area (Å²) >= 11 is 0. The molecule has 1 saturated carbocycles. The molecule has 0 bridgehead atoms. The van der Waals surface area contributed by atoms with Crippen LogP contribution in [0.4, 0.5) is 4.39 Å². The largest absolute Gasteiger partial charge is 0.370 e. The van der Waals surface area contributed by atoms with Crippen molar-refractivity contribution in [3.63, 3.8) is 0 Å². The zero-order valence-electron chi connectivity index (χ0n) is 11.6. The third kappa shape index (κ3) is 4.13. The second-order valence-corrected chi connectivity index (χ2v) is 5.78. The second-order valence-electron chi connectivity index (χ2n) is 5.78. The average molecular weight is 264 g/mol. The highest BCUT2D eigenvalue weighted by atomic mass is 19.1. The van der Waals surface area contributed by atoms with Crippen LogP contribution < -0.4 is 0 Å². The van der Waals surface area contributed by atoms with Crippen LogP contribution in [0.1, 0.15) is 43.5 Å². The molecule has 1 aliphatic carbocycles. The molecule has 0 amide bonds. The maximum atomic E-state index is 13.0. The van der Waals surface area contributed by atoms with Crippen molar-refractivity contribution < 1.29 is 13.9 Å². The van der Waals surface area contributed by atoms with Crippen LogP contribution in [0.3, 0.4) is 0 Å². The lowest BCUT2D eigenvalue weighted by Gasteiger charge is -2.31. The van der Waals surface area contributed by atoms with E-state index < -0.39 is 0 Å². The molecular weight excluding hydrogens is 243 g/mol. The van der Waals surface area contributed by atoms with Crippen LogP contribution in [0.5, 0.6) is 0 Å². The maximum absolute atomic E-state index is 13.0. The Bertz CT molecular complexity index is 434. The Morgan fingerprint density at radius 3 is 2.58 bits per heavy atom. The lowest BCUT2D eigenvalue weighted by Crippen LogP contribution is -2.28. The Kier molecular flexibility index (Phi) is 4.70. The molecule has 1 aliphatic rings. The van der Waals surface area contributed by atoms with E-state index in [-0.39, 0.29) is 24.3 Å². The summed E-state index contributed by atoms with van der Waals surface area (Å²) in [7, 11) is 0. The molecule has 0 heterocycles. The minimum absolute atomic E-state index is 0.0492. The molecule has 104 valence electrons. The van der Waals surface area contributed by atoms with Crippen molar-refractivity contribution >= 4 is 5.78 Å². The van der Waals surface area contributed by atoms with Crippen molar-refractivity contribution in [1.82, 2.24) is 0 Å². The van der Waals surface area contributed by atoms with E-state index in [0.29, 0.717) is 17.4 Å². The molecular formula is C16H21FO2. The first-order valence-electron chi connectivity index (χ1n) is 6.95. The van der Waals surface area contributed by atoms with Crippen LogP contribution in [-0.2, 0) is 4.74 Å². The quantitative estimate of drug-likeness (QED) is 0.772. The molecule has 2 rings (SSSR count). The van der Waals surface area contributed by atoms with Crippen molar-refractivity contribution in [1.29, 1.82) is 0 Å². The van der Waals surface area contributed by atoms with Crippen LogP contribution in [0.25, 0.3) is 0 Å². The van der Waals surface area contributed by atoms with Gasteiger partial charge in [-0.3, -0.25) is 4.79 Å². The number of halogens is 1. The molecule has 0 saturated heterocycles. The van der Waals surface area contributed by atoms with Crippen LogP contribution in [0.15, 0.2) is 24.3 Å². The number of hydrogen-bond donors (Lipinski definition) is 0.